The van der Waals surface area contributed by atoms with Gasteiger partial charge in [-0.05, 0) is 48.9 Å². The van der Waals surface area contributed by atoms with Crippen molar-refractivity contribution in [1.82, 2.24) is 0 Å². The van der Waals surface area contributed by atoms with Gasteiger partial charge < -0.3 is 10.1 Å². The van der Waals surface area contributed by atoms with Gasteiger partial charge in [-0.3, -0.25) is 14.5 Å². The van der Waals surface area contributed by atoms with E-state index in [1.54, 1.807) is 11.8 Å². The van der Waals surface area contributed by atoms with Crippen molar-refractivity contribution < 1.29 is 14.3 Å². The number of benzene rings is 2. The predicted octanol–water partition coefficient (Wildman–Crippen LogP) is 4.46. The third kappa shape index (κ3) is 4.45. The molecule has 0 saturated carbocycles. The summed E-state index contributed by atoms with van der Waals surface area (Å²) in [5, 5.41) is 2.81. The number of carbonyl (C=O) groups excluding carboxylic acids is 2. The topological polar surface area (TPSA) is 58.6 Å². The lowest BCUT2D eigenvalue weighted by molar-refractivity contribution is -0.119. The first-order valence-electron chi connectivity index (χ1n) is 9.07. The number of rotatable bonds is 6. The fourth-order valence-corrected chi connectivity index (χ4v) is 4.04. The fraction of sp³-hybridized carbons (Fsp3) is 0.333. The van der Waals surface area contributed by atoms with Gasteiger partial charge >= 0.3 is 0 Å². The summed E-state index contributed by atoms with van der Waals surface area (Å²) in [6, 6.07) is 15.3. The monoisotopic (exact) mass is 384 g/mol. The molecule has 0 aliphatic carbocycles. The van der Waals surface area contributed by atoms with Crippen molar-refractivity contribution in [1.29, 1.82) is 0 Å². The summed E-state index contributed by atoms with van der Waals surface area (Å²) in [6.45, 7) is 6.27. The number of anilines is 2. The van der Waals surface area contributed by atoms with E-state index in [0.717, 1.165) is 22.7 Å². The van der Waals surface area contributed by atoms with Crippen LogP contribution < -0.4 is 15.0 Å². The van der Waals surface area contributed by atoms with Crippen molar-refractivity contribution >= 4 is 35.0 Å². The zero-order valence-electron chi connectivity index (χ0n) is 15.8. The van der Waals surface area contributed by atoms with E-state index in [1.807, 2.05) is 74.2 Å². The fourth-order valence-electron chi connectivity index (χ4n) is 2.88. The highest BCUT2D eigenvalue weighted by atomic mass is 32.2. The van der Waals surface area contributed by atoms with E-state index in [2.05, 4.69) is 5.32 Å². The van der Waals surface area contributed by atoms with Crippen LogP contribution in [0.1, 0.15) is 31.7 Å². The molecule has 1 saturated heterocycles. The Balaban J connectivity index is 1.84. The van der Waals surface area contributed by atoms with Gasteiger partial charge in [0.2, 0.25) is 11.8 Å². The van der Waals surface area contributed by atoms with Gasteiger partial charge in [0, 0.05) is 17.3 Å². The van der Waals surface area contributed by atoms with Gasteiger partial charge in [0.1, 0.15) is 11.1 Å². The zero-order chi connectivity index (χ0) is 19.4. The summed E-state index contributed by atoms with van der Waals surface area (Å²) < 4.78 is 5.48. The molecule has 0 aromatic heterocycles. The minimum Gasteiger partial charge on any atom is -0.494 e. The van der Waals surface area contributed by atoms with Crippen LogP contribution in [0.25, 0.3) is 0 Å². The molecule has 2 aromatic rings. The Morgan fingerprint density at radius 1 is 1.26 bits per heavy atom. The maximum absolute atomic E-state index is 12.5. The highest BCUT2D eigenvalue weighted by molar-refractivity contribution is 8.00. The third-order valence-electron chi connectivity index (χ3n) is 4.26. The Morgan fingerprint density at radius 2 is 2.00 bits per heavy atom. The zero-order valence-corrected chi connectivity index (χ0v) is 16.6. The van der Waals surface area contributed by atoms with Gasteiger partial charge in [0.25, 0.3) is 0 Å². The second-order valence-corrected chi connectivity index (χ2v) is 7.69. The maximum atomic E-state index is 12.5. The molecule has 2 amide bonds. The number of ether oxygens (including phenoxy) is 1. The van der Waals surface area contributed by atoms with Crippen LogP contribution in [0, 0.1) is 5.92 Å². The van der Waals surface area contributed by atoms with Crippen LogP contribution in [-0.4, -0.2) is 24.2 Å². The molecule has 5 nitrogen and oxygen atoms in total. The molecule has 1 atom stereocenters. The summed E-state index contributed by atoms with van der Waals surface area (Å²) >= 11 is 1.59. The first kappa shape index (κ1) is 19.3. The minimum absolute atomic E-state index is 0.0225. The lowest BCUT2D eigenvalue weighted by Gasteiger charge is -2.25. The van der Waals surface area contributed by atoms with E-state index in [0.29, 0.717) is 12.4 Å². The van der Waals surface area contributed by atoms with Crippen LogP contribution in [0.15, 0.2) is 48.5 Å². The van der Waals surface area contributed by atoms with Gasteiger partial charge in [-0.2, -0.15) is 0 Å². The van der Waals surface area contributed by atoms with Crippen LogP contribution in [0.5, 0.6) is 5.75 Å². The van der Waals surface area contributed by atoms with Gasteiger partial charge in [-0.1, -0.05) is 26.0 Å². The molecule has 27 heavy (non-hydrogen) atoms. The van der Waals surface area contributed by atoms with Crippen molar-refractivity contribution in [2.45, 2.75) is 26.1 Å². The maximum Gasteiger partial charge on any atom is 0.238 e. The second-order valence-electron chi connectivity index (χ2n) is 6.62. The summed E-state index contributed by atoms with van der Waals surface area (Å²) in [5.41, 5.74) is 2.58. The molecule has 2 aromatic carbocycles. The van der Waals surface area contributed by atoms with Crippen LogP contribution in [0.3, 0.4) is 0 Å². The first-order valence-corrected chi connectivity index (χ1v) is 10.1. The van der Waals surface area contributed by atoms with Gasteiger partial charge in [-0.15, -0.1) is 11.8 Å². The van der Waals surface area contributed by atoms with Gasteiger partial charge in [0.15, 0.2) is 0 Å². The number of hydrogen-bond donors (Lipinski definition) is 1. The average molecular weight is 385 g/mol. The van der Waals surface area contributed by atoms with Crippen LogP contribution in [-0.2, 0) is 9.59 Å². The number of thioether (sulfide) groups is 1. The molecule has 0 spiro atoms. The molecule has 1 unspecified atom stereocenters. The summed E-state index contributed by atoms with van der Waals surface area (Å²) in [7, 11) is 0. The van der Waals surface area contributed by atoms with E-state index in [1.165, 1.54) is 0 Å². The van der Waals surface area contributed by atoms with E-state index >= 15 is 0 Å². The number of nitrogens with one attached hydrogen (secondary N) is 1. The Bertz CT molecular complexity index is 820. The predicted molar refractivity (Wildman–Crippen MR) is 110 cm³/mol. The Kier molecular flexibility index (Phi) is 6.06. The van der Waals surface area contributed by atoms with Crippen molar-refractivity contribution in [3.63, 3.8) is 0 Å². The van der Waals surface area contributed by atoms with E-state index in [-0.39, 0.29) is 23.1 Å². The molecule has 1 fully saturated rings. The number of hydrogen-bond acceptors (Lipinski definition) is 4. The molecule has 3 rings (SSSR count). The summed E-state index contributed by atoms with van der Waals surface area (Å²) in [5.74, 6) is 1.18. The lowest BCUT2D eigenvalue weighted by atomic mass is 10.1. The highest BCUT2D eigenvalue weighted by Gasteiger charge is 2.34. The number of nitrogens with zero attached hydrogens (tertiary/aromatic N) is 1. The van der Waals surface area contributed by atoms with Crippen LogP contribution >= 0.6 is 11.8 Å². The van der Waals surface area contributed by atoms with Crippen molar-refractivity contribution in [2.75, 3.05) is 22.6 Å². The third-order valence-corrected chi connectivity index (χ3v) is 5.47. The SMILES string of the molecule is CCOc1ccc(N2C(=O)CSC2c2cccc(NC(=O)C(C)C)c2)cc1. The Hall–Kier alpha value is -2.47. The Morgan fingerprint density at radius 3 is 2.67 bits per heavy atom. The van der Waals surface area contributed by atoms with E-state index < -0.39 is 0 Å². The molecule has 142 valence electrons. The molecule has 1 N–H and O–H groups in total. The van der Waals surface area contributed by atoms with E-state index in [4.69, 9.17) is 4.74 Å². The Labute approximate surface area is 164 Å². The largest absolute Gasteiger partial charge is 0.494 e. The van der Waals surface area contributed by atoms with Crippen molar-refractivity contribution in [3.05, 3.63) is 54.1 Å². The van der Waals surface area contributed by atoms with Crippen LogP contribution in [0.4, 0.5) is 11.4 Å². The number of amides is 2. The smallest absolute Gasteiger partial charge is 0.238 e. The molecule has 0 bridgehead atoms. The molecule has 1 aliphatic rings. The normalized spacial score (nSPS) is 16.7. The molecule has 6 heteroatoms. The van der Waals surface area contributed by atoms with E-state index in [9.17, 15) is 9.59 Å². The average Bonchev–Trinajstić information content (AvgIpc) is 3.04. The first-order chi connectivity index (χ1) is 13.0. The van der Waals surface area contributed by atoms with Gasteiger partial charge in [0.05, 0.1) is 12.4 Å². The van der Waals surface area contributed by atoms with Gasteiger partial charge in [-0.25, -0.2) is 0 Å². The quantitative estimate of drug-likeness (QED) is 0.799. The second kappa shape index (κ2) is 8.48. The molecular weight excluding hydrogens is 360 g/mol. The lowest BCUT2D eigenvalue weighted by Crippen LogP contribution is -2.27. The molecule has 0 radical (unpaired) electrons. The minimum atomic E-state index is -0.119. The molecule has 1 aliphatic heterocycles. The highest BCUT2D eigenvalue weighted by Crippen LogP contribution is 2.42. The number of carbonyl (C=O) groups is 2. The standard InChI is InChI=1S/C21H24N2O3S/c1-4-26-18-10-8-17(9-11-18)23-19(24)13-27-21(23)15-6-5-7-16(12-15)22-20(25)14(2)3/h5-12,14,21H,4,13H2,1-3H3,(H,22,25). The molecular formula is C21H24N2O3S. The summed E-state index contributed by atoms with van der Waals surface area (Å²) in [6.07, 6.45) is 0. The van der Waals surface area contributed by atoms with Crippen molar-refractivity contribution in [3.8, 4) is 5.75 Å². The summed E-state index contributed by atoms with van der Waals surface area (Å²) in [4.78, 5) is 26.3. The van der Waals surface area contributed by atoms with Crippen LogP contribution in [0.2, 0.25) is 0 Å². The van der Waals surface area contributed by atoms with Crippen molar-refractivity contribution in [2.24, 2.45) is 5.92 Å². The molecule has 1 heterocycles.